The highest BCUT2D eigenvalue weighted by atomic mass is 79.9. The second-order valence-corrected chi connectivity index (χ2v) is 9.17. The summed E-state index contributed by atoms with van der Waals surface area (Å²) in [4.78, 5) is 16.6. The van der Waals surface area contributed by atoms with Crippen molar-refractivity contribution in [3.05, 3.63) is 69.3 Å². The van der Waals surface area contributed by atoms with Gasteiger partial charge in [-0.05, 0) is 65.6 Å². The van der Waals surface area contributed by atoms with Crippen molar-refractivity contribution < 1.29 is 4.79 Å². The summed E-state index contributed by atoms with van der Waals surface area (Å²) in [5.41, 5.74) is 3.39. The molecule has 29 heavy (non-hydrogen) atoms. The number of nitrogens with zero attached hydrogens (tertiary/aromatic N) is 2. The number of thiophene rings is 1. The van der Waals surface area contributed by atoms with Crippen LogP contribution in [0.1, 0.15) is 35.9 Å². The molecule has 2 amide bonds. The molecule has 5 nitrogen and oxygen atoms in total. The first-order chi connectivity index (χ1) is 14.1. The van der Waals surface area contributed by atoms with E-state index in [1.807, 2.05) is 47.7 Å². The molecule has 1 unspecified atom stereocenters. The summed E-state index contributed by atoms with van der Waals surface area (Å²) in [5, 5.41) is 7.29. The Bertz CT molecular complexity index is 998. The molecule has 3 aromatic rings. The van der Waals surface area contributed by atoms with Gasteiger partial charge in [0.15, 0.2) is 0 Å². The molecule has 0 saturated carbocycles. The SMILES string of the molecule is CCN1CCc2c(sc(-n3cccc3)c2C(C)NC(=O)Nc2ccccc2Br)C1. The van der Waals surface area contributed by atoms with E-state index in [0.717, 1.165) is 36.2 Å². The normalized spacial score (nSPS) is 15.0. The number of halogens is 1. The zero-order valence-electron chi connectivity index (χ0n) is 16.6. The molecule has 0 spiro atoms. The monoisotopic (exact) mass is 472 g/mol. The number of urea groups is 1. The molecule has 152 valence electrons. The fraction of sp³-hybridized carbons (Fsp3) is 0.318. The van der Waals surface area contributed by atoms with E-state index in [2.05, 4.69) is 62.3 Å². The molecule has 0 bridgehead atoms. The number of anilines is 1. The van der Waals surface area contributed by atoms with Crippen LogP contribution in [0.2, 0.25) is 0 Å². The van der Waals surface area contributed by atoms with Crippen molar-refractivity contribution >= 4 is 39.0 Å². The van der Waals surface area contributed by atoms with Gasteiger partial charge >= 0.3 is 6.03 Å². The molecular formula is C22H25BrN4OS. The van der Waals surface area contributed by atoms with Gasteiger partial charge in [0.05, 0.1) is 11.7 Å². The Balaban J connectivity index is 1.60. The van der Waals surface area contributed by atoms with Crippen molar-refractivity contribution in [1.82, 2.24) is 14.8 Å². The summed E-state index contributed by atoms with van der Waals surface area (Å²) in [6, 6.07) is 11.4. The van der Waals surface area contributed by atoms with Crippen LogP contribution in [0, 0.1) is 0 Å². The number of benzene rings is 1. The Kier molecular flexibility index (Phi) is 6.08. The van der Waals surface area contributed by atoms with E-state index in [4.69, 9.17) is 0 Å². The van der Waals surface area contributed by atoms with Gasteiger partial charge in [-0.15, -0.1) is 11.3 Å². The van der Waals surface area contributed by atoms with Gasteiger partial charge in [-0.1, -0.05) is 19.1 Å². The Morgan fingerprint density at radius 2 is 2.00 bits per heavy atom. The molecule has 0 aliphatic carbocycles. The Morgan fingerprint density at radius 3 is 2.72 bits per heavy atom. The minimum Gasteiger partial charge on any atom is -0.331 e. The van der Waals surface area contributed by atoms with E-state index in [1.54, 1.807) is 0 Å². The predicted molar refractivity (Wildman–Crippen MR) is 123 cm³/mol. The van der Waals surface area contributed by atoms with Crippen LogP contribution in [0.4, 0.5) is 10.5 Å². The first kappa shape index (κ1) is 20.2. The van der Waals surface area contributed by atoms with E-state index in [1.165, 1.54) is 21.0 Å². The van der Waals surface area contributed by atoms with Gasteiger partial charge in [0.1, 0.15) is 5.00 Å². The van der Waals surface area contributed by atoms with E-state index in [9.17, 15) is 4.79 Å². The standard InChI is InChI=1S/C22H25BrN4OS/c1-3-26-13-10-16-19(14-26)29-21(27-11-6-7-12-27)20(16)15(2)24-22(28)25-18-9-5-4-8-17(18)23/h4-9,11-12,15H,3,10,13-14H2,1-2H3,(H2,24,25,28). The lowest BCUT2D eigenvalue weighted by molar-refractivity contribution is 0.249. The summed E-state index contributed by atoms with van der Waals surface area (Å²) in [6.45, 7) is 7.40. The molecule has 1 aliphatic rings. The number of rotatable bonds is 5. The maximum Gasteiger partial charge on any atom is 0.319 e. The number of amides is 2. The first-order valence-corrected chi connectivity index (χ1v) is 11.5. The minimum absolute atomic E-state index is 0.0944. The van der Waals surface area contributed by atoms with Crippen molar-refractivity contribution in [2.45, 2.75) is 32.9 Å². The second-order valence-electron chi connectivity index (χ2n) is 7.23. The zero-order chi connectivity index (χ0) is 20.4. The van der Waals surface area contributed by atoms with Gasteiger partial charge < -0.3 is 15.2 Å². The molecule has 7 heteroatoms. The maximum atomic E-state index is 12.7. The van der Waals surface area contributed by atoms with Crippen molar-refractivity contribution in [3.8, 4) is 5.00 Å². The van der Waals surface area contributed by atoms with Gasteiger partial charge in [0.25, 0.3) is 0 Å². The van der Waals surface area contributed by atoms with E-state index in [0.29, 0.717) is 0 Å². The third-order valence-electron chi connectivity index (χ3n) is 5.35. The first-order valence-electron chi connectivity index (χ1n) is 9.89. The van der Waals surface area contributed by atoms with E-state index < -0.39 is 0 Å². The highest BCUT2D eigenvalue weighted by Gasteiger charge is 2.28. The molecule has 3 heterocycles. The fourth-order valence-electron chi connectivity index (χ4n) is 3.83. The average molecular weight is 473 g/mol. The maximum absolute atomic E-state index is 12.7. The van der Waals surface area contributed by atoms with Crippen molar-refractivity contribution in [2.24, 2.45) is 0 Å². The molecule has 1 aliphatic heterocycles. The Labute approximate surface area is 183 Å². The van der Waals surface area contributed by atoms with Crippen molar-refractivity contribution in [3.63, 3.8) is 0 Å². The molecule has 1 atom stereocenters. The number of nitrogens with one attached hydrogen (secondary N) is 2. The topological polar surface area (TPSA) is 49.3 Å². The van der Waals surface area contributed by atoms with E-state index >= 15 is 0 Å². The lowest BCUT2D eigenvalue weighted by Gasteiger charge is -2.26. The third-order valence-corrected chi connectivity index (χ3v) is 7.28. The van der Waals surface area contributed by atoms with Gasteiger partial charge in [-0.2, -0.15) is 0 Å². The summed E-state index contributed by atoms with van der Waals surface area (Å²) in [5.74, 6) is 0. The second kappa shape index (κ2) is 8.73. The number of carbonyl (C=O) groups is 1. The van der Waals surface area contributed by atoms with Crippen LogP contribution in [0.15, 0.2) is 53.3 Å². The molecule has 1 aromatic carbocycles. The fourth-order valence-corrected chi connectivity index (χ4v) is 5.67. The smallest absolute Gasteiger partial charge is 0.319 e. The Morgan fingerprint density at radius 1 is 1.24 bits per heavy atom. The van der Waals surface area contributed by atoms with Gasteiger partial charge in [0.2, 0.25) is 0 Å². The molecular weight excluding hydrogens is 448 g/mol. The van der Waals surface area contributed by atoms with Crippen molar-refractivity contribution in [1.29, 1.82) is 0 Å². The van der Waals surface area contributed by atoms with Crippen LogP contribution >= 0.6 is 27.3 Å². The number of fused-ring (bicyclic) bond motifs is 1. The number of likely N-dealkylation sites (N-methyl/N-ethyl adjacent to an activating group) is 1. The summed E-state index contributed by atoms with van der Waals surface area (Å²) in [6.07, 6.45) is 5.17. The highest BCUT2D eigenvalue weighted by molar-refractivity contribution is 9.10. The van der Waals surface area contributed by atoms with Crippen LogP contribution in [-0.4, -0.2) is 28.6 Å². The molecule has 0 saturated heterocycles. The summed E-state index contributed by atoms with van der Waals surface area (Å²) < 4.78 is 3.03. The molecule has 0 radical (unpaired) electrons. The number of aromatic nitrogens is 1. The van der Waals surface area contributed by atoms with Crippen LogP contribution in [0.25, 0.3) is 5.00 Å². The van der Waals surface area contributed by atoms with Crippen LogP contribution in [-0.2, 0) is 13.0 Å². The lowest BCUT2D eigenvalue weighted by atomic mass is 9.98. The minimum atomic E-state index is -0.200. The zero-order valence-corrected chi connectivity index (χ0v) is 19.0. The highest BCUT2D eigenvalue weighted by Crippen LogP contribution is 2.39. The van der Waals surface area contributed by atoms with Gasteiger partial charge in [-0.3, -0.25) is 4.90 Å². The average Bonchev–Trinajstić information content (AvgIpc) is 3.36. The van der Waals surface area contributed by atoms with E-state index in [-0.39, 0.29) is 12.1 Å². The van der Waals surface area contributed by atoms with Crippen LogP contribution < -0.4 is 10.6 Å². The third kappa shape index (κ3) is 4.27. The number of hydrogen-bond acceptors (Lipinski definition) is 3. The molecule has 0 fully saturated rings. The van der Waals surface area contributed by atoms with Gasteiger partial charge in [-0.25, -0.2) is 4.79 Å². The number of hydrogen-bond donors (Lipinski definition) is 2. The summed E-state index contributed by atoms with van der Waals surface area (Å²) in [7, 11) is 0. The van der Waals surface area contributed by atoms with Crippen LogP contribution in [0.5, 0.6) is 0 Å². The molecule has 2 aromatic heterocycles. The number of para-hydroxylation sites is 1. The van der Waals surface area contributed by atoms with Crippen molar-refractivity contribution in [2.75, 3.05) is 18.4 Å². The number of carbonyl (C=O) groups excluding carboxylic acids is 1. The molecule has 4 rings (SSSR count). The largest absolute Gasteiger partial charge is 0.331 e. The van der Waals surface area contributed by atoms with Crippen LogP contribution in [0.3, 0.4) is 0 Å². The molecule has 2 N–H and O–H groups in total. The predicted octanol–water partition coefficient (Wildman–Crippen LogP) is 5.56. The lowest BCUT2D eigenvalue weighted by Crippen LogP contribution is -2.33. The summed E-state index contributed by atoms with van der Waals surface area (Å²) >= 11 is 5.32. The quantitative estimate of drug-likeness (QED) is 0.510. The Hall–Kier alpha value is -2.09. The van der Waals surface area contributed by atoms with Gasteiger partial charge in [0, 0.05) is 40.4 Å².